The summed E-state index contributed by atoms with van der Waals surface area (Å²) in [5, 5.41) is 8.63. The normalized spacial score (nSPS) is 11.3. The molecule has 2 nitrogen and oxygen atoms in total. The second-order valence-corrected chi connectivity index (χ2v) is 5.20. The molecule has 0 saturated heterocycles. The standard InChI is InChI=1S/C18H16F3NO/c1-2-13-3-5-14(6-4-13)12-23-18(20,21)10-15-7-8-16(11-22)17(19)9-15/h3-9H,2,10,12H2,1H3. The Morgan fingerprint density at radius 2 is 1.65 bits per heavy atom. The number of ether oxygens (including phenoxy) is 1. The highest BCUT2D eigenvalue weighted by atomic mass is 19.3. The Hall–Kier alpha value is -2.32. The van der Waals surface area contributed by atoms with Crippen LogP contribution in [0, 0.1) is 17.1 Å². The number of alkyl halides is 2. The molecule has 0 aliphatic carbocycles. The zero-order valence-electron chi connectivity index (χ0n) is 12.7. The molecule has 0 N–H and O–H groups in total. The van der Waals surface area contributed by atoms with Crippen molar-refractivity contribution in [2.45, 2.75) is 32.5 Å². The number of benzene rings is 2. The summed E-state index contributed by atoms with van der Waals surface area (Å²) in [6.45, 7) is 1.78. The molecule has 0 bridgehead atoms. The van der Waals surface area contributed by atoms with Crippen LogP contribution >= 0.6 is 0 Å². The van der Waals surface area contributed by atoms with Gasteiger partial charge >= 0.3 is 6.11 Å². The van der Waals surface area contributed by atoms with Gasteiger partial charge in [0.2, 0.25) is 0 Å². The monoisotopic (exact) mass is 319 g/mol. The first-order chi connectivity index (χ1) is 10.9. The zero-order chi connectivity index (χ0) is 16.9. The van der Waals surface area contributed by atoms with Crippen LogP contribution in [0.3, 0.4) is 0 Å². The third kappa shape index (κ3) is 4.83. The van der Waals surface area contributed by atoms with Crippen LogP contribution in [-0.2, 0) is 24.2 Å². The molecule has 2 aromatic rings. The van der Waals surface area contributed by atoms with E-state index in [1.54, 1.807) is 18.2 Å². The molecule has 0 heterocycles. The van der Waals surface area contributed by atoms with E-state index in [4.69, 9.17) is 5.26 Å². The smallest absolute Gasteiger partial charge is 0.315 e. The van der Waals surface area contributed by atoms with Crippen LogP contribution in [-0.4, -0.2) is 6.11 Å². The van der Waals surface area contributed by atoms with Gasteiger partial charge in [-0.1, -0.05) is 37.3 Å². The highest BCUT2D eigenvalue weighted by Crippen LogP contribution is 2.24. The first kappa shape index (κ1) is 17.0. The largest absolute Gasteiger partial charge is 0.360 e. The van der Waals surface area contributed by atoms with Gasteiger partial charge in [-0.2, -0.15) is 14.0 Å². The molecule has 0 fully saturated rings. The van der Waals surface area contributed by atoms with Gasteiger partial charge in [-0.05, 0) is 35.2 Å². The number of nitriles is 1. The van der Waals surface area contributed by atoms with E-state index in [1.807, 2.05) is 19.1 Å². The first-order valence-electron chi connectivity index (χ1n) is 7.21. The second-order valence-electron chi connectivity index (χ2n) is 5.20. The van der Waals surface area contributed by atoms with Crippen molar-refractivity contribution in [1.82, 2.24) is 0 Å². The molecular formula is C18H16F3NO. The van der Waals surface area contributed by atoms with Gasteiger partial charge in [-0.15, -0.1) is 0 Å². The van der Waals surface area contributed by atoms with Crippen molar-refractivity contribution in [3.63, 3.8) is 0 Å². The molecule has 0 spiro atoms. The molecule has 2 rings (SSSR count). The number of halogens is 3. The summed E-state index contributed by atoms with van der Waals surface area (Å²) >= 11 is 0. The molecule has 0 aromatic heterocycles. The third-order valence-electron chi connectivity index (χ3n) is 3.45. The lowest BCUT2D eigenvalue weighted by molar-refractivity contribution is -0.244. The molecule has 120 valence electrons. The minimum Gasteiger partial charge on any atom is -0.315 e. The molecule has 0 aliphatic heterocycles. The van der Waals surface area contributed by atoms with E-state index < -0.39 is 18.3 Å². The highest BCUT2D eigenvalue weighted by molar-refractivity contribution is 5.33. The van der Waals surface area contributed by atoms with Crippen LogP contribution in [0.4, 0.5) is 13.2 Å². The summed E-state index contributed by atoms with van der Waals surface area (Å²) in [7, 11) is 0. The topological polar surface area (TPSA) is 33.0 Å². The summed E-state index contributed by atoms with van der Waals surface area (Å²) in [6.07, 6.45) is -3.28. The number of hydrogen-bond donors (Lipinski definition) is 0. The Balaban J connectivity index is 1.98. The minimum atomic E-state index is -3.41. The van der Waals surface area contributed by atoms with Crippen LogP contribution in [0.1, 0.15) is 29.2 Å². The van der Waals surface area contributed by atoms with E-state index >= 15 is 0 Å². The van der Waals surface area contributed by atoms with E-state index in [9.17, 15) is 13.2 Å². The van der Waals surface area contributed by atoms with E-state index in [-0.39, 0.29) is 17.7 Å². The summed E-state index contributed by atoms with van der Waals surface area (Å²) in [5.41, 5.74) is 1.67. The number of aryl methyl sites for hydroxylation is 1. The average Bonchev–Trinajstić information content (AvgIpc) is 2.53. The Kier molecular flexibility index (Phi) is 5.41. The van der Waals surface area contributed by atoms with Crippen molar-refractivity contribution >= 4 is 0 Å². The Labute approximate surface area is 133 Å². The molecule has 5 heteroatoms. The quantitative estimate of drug-likeness (QED) is 0.779. The van der Waals surface area contributed by atoms with Crippen molar-refractivity contribution in [1.29, 1.82) is 5.26 Å². The SMILES string of the molecule is CCc1ccc(COC(F)(F)Cc2ccc(C#N)c(F)c2)cc1. The third-order valence-corrected chi connectivity index (χ3v) is 3.45. The molecule has 0 unspecified atom stereocenters. The fraction of sp³-hybridized carbons (Fsp3) is 0.278. The molecule has 0 atom stereocenters. The number of nitrogens with zero attached hydrogens (tertiary/aromatic N) is 1. The zero-order valence-corrected chi connectivity index (χ0v) is 12.7. The van der Waals surface area contributed by atoms with Gasteiger partial charge in [-0.25, -0.2) is 4.39 Å². The van der Waals surface area contributed by atoms with Gasteiger partial charge in [0.05, 0.1) is 18.6 Å². The van der Waals surface area contributed by atoms with Crippen LogP contribution in [0.15, 0.2) is 42.5 Å². The molecule has 0 radical (unpaired) electrons. The number of rotatable bonds is 6. The Morgan fingerprint density at radius 1 is 1.04 bits per heavy atom. The maximum Gasteiger partial charge on any atom is 0.360 e. The maximum absolute atomic E-state index is 13.8. The summed E-state index contributed by atoms with van der Waals surface area (Å²) in [5.74, 6) is -0.809. The van der Waals surface area contributed by atoms with E-state index in [2.05, 4.69) is 4.74 Å². The van der Waals surface area contributed by atoms with Crippen LogP contribution in [0.5, 0.6) is 0 Å². The fourth-order valence-electron chi connectivity index (χ4n) is 2.11. The molecule has 2 aromatic carbocycles. The second kappa shape index (κ2) is 7.30. The lowest BCUT2D eigenvalue weighted by Gasteiger charge is -2.17. The van der Waals surface area contributed by atoms with Crippen molar-refractivity contribution < 1.29 is 17.9 Å². The highest BCUT2D eigenvalue weighted by Gasteiger charge is 2.30. The number of hydrogen-bond acceptors (Lipinski definition) is 2. The molecular weight excluding hydrogens is 303 g/mol. The average molecular weight is 319 g/mol. The molecule has 23 heavy (non-hydrogen) atoms. The summed E-state index contributed by atoms with van der Waals surface area (Å²) in [4.78, 5) is 0. The van der Waals surface area contributed by atoms with Gasteiger partial charge < -0.3 is 4.74 Å². The predicted molar refractivity (Wildman–Crippen MR) is 80.4 cm³/mol. The van der Waals surface area contributed by atoms with E-state index in [0.717, 1.165) is 18.1 Å². The van der Waals surface area contributed by atoms with Gasteiger partial charge in [0.1, 0.15) is 11.9 Å². The fourth-order valence-corrected chi connectivity index (χ4v) is 2.11. The van der Waals surface area contributed by atoms with Crippen molar-refractivity contribution in [2.75, 3.05) is 0 Å². The van der Waals surface area contributed by atoms with Gasteiger partial charge in [0.15, 0.2) is 0 Å². The van der Waals surface area contributed by atoms with Crippen molar-refractivity contribution in [2.24, 2.45) is 0 Å². The Morgan fingerprint density at radius 3 is 2.22 bits per heavy atom. The van der Waals surface area contributed by atoms with Crippen molar-refractivity contribution in [3.8, 4) is 6.07 Å². The van der Waals surface area contributed by atoms with Gasteiger partial charge in [0.25, 0.3) is 0 Å². The summed E-state index contributed by atoms with van der Waals surface area (Å²) in [6, 6.07) is 12.3. The van der Waals surface area contributed by atoms with Gasteiger partial charge in [-0.3, -0.25) is 0 Å². The Bertz CT molecular complexity index is 705. The lowest BCUT2D eigenvalue weighted by atomic mass is 10.1. The minimum absolute atomic E-state index is 0.0767. The maximum atomic E-state index is 13.8. The van der Waals surface area contributed by atoms with E-state index in [0.29, 0.717) is 5.56 Å². The van der Waals surface area contributed by atoms with Crippen molar-refractivity contribution in [3.05, 3.63) is 70.5 Å². The van der Waals surface area contributed by atoms with Crippen LogP contribution in [0.2, 0.25) is 0 Å². The van der Waals surface area contributed by atoms with E-state index in [1.165, 1.54) is 12.1 Å². The summed E-state index contributed by atoms with van der Waals surface area (Å²) < 4.78 is 45.8. The van der Waals surface area contributed by atoms with Crippen LogP contribution in [0.25, 0.3) is 0 Å². The molecule has 0 aliphatic rings. The molecule has 0 amide bonds. The predicted octanol–water partition coefficient (Wildman–Crippen LogP) is 4.61. The lowest BCUT2D eigenvalue weighted by Crippen LogP contribution is -2.23. The first-order valence-corrected chi connectivity index (χ1v) is 7.21. The van der Waals surface area contributed by atoms with Gasteiger partial charge in [0, 0.05) is 0 Å². The van der Waals surface area contributed by atoms with Crippen LogP contribution < -0.4 is 0 Å². The molecule has 0 saturated carbocycles.